The Hall–Kier alpha value is -1.46. The van der Waals surface area contributed by atoms with Crippen LogP contribution in [0.2, 0.25) is 5.02 Å². The molecule has 0 unspecified atom stereocenters. The van der Waals surface area contributed by atoms with Crippen molar-refractivity contribution >= 4 is 39.1 Å². The van der Waals surface area contributed by atoms with E-state index in [2.05, 4.69) is 26.2 Å². The maximum Gasteiger partial charge on any atom is 0.257 e. The molecule has 0 bridgehead atoms. The number of rotatable bonds is 2. The summed E-state index contributed by atoms with van der Waals surface area (Å²) in [4.78, 5) is 15.5. The van der Waals surface area contributed by atoms with Crippen molar-refractivity contribution in [2.45, 2.75) is 0 Å². The summed E-state index contributed by atoms with van der Waals surface area (Å²) in [5, 5.41) is 3.11. The lowest BCUT2D eigenvalue weighted by Gasteiger charge is -2.07. The van der Waals surface area contributed by atoms with Crippen molar-refractivity contribution in [3.05, 3.63) is 57.5 Å². The number of carbonyl (C=O) groups is 1. The van der Waals surface area contributed by atoms with Gasteiger partial charge in [0, 0.05) is 15.7 Å². The van der Waals surface area contributed by atoms with Gasteiger partial charge >= 0.3 is 0 Å². The van der Waals surface area contributed by atoms with Crippen LogP contribution in [0, 0.1) is 5.82 Å². The van der Waals surface area contributed by atoms with Gasteiger partial charge in [0.2, 0.25) is 0 Å². The highest BCUT2D eigenvalue weighted by Gasteiger charge is 2.09. The number of amides is 1. The van der Waals surface area contributed by atoms with Crippen molar-refractivity contribution in [1.29, 1.82) is 0 Å². The molecule has 0 aliphatic rings. The fourth-order valence-corrected chi connectivity index (χ4v) is 1.84. The van der Waals surface area contributed by atoms with Crippen molar-refractivity contribution < 1.29 is 9.18 Å². The van der Waals surface area contributed by atoms with Crippen LogP contribution in [0.1, 0.15) is 10.4 Å². The largest absolute Gasteiger partial charge is 0.321 e. The van der Waals surface area contributed by atoms with E-state index in [1.807, 2.05) is 0 Å². The predicted octanol–water partition coefficient (Wildman–Crippen LogP) is 3.89. The Morgan fingerprint density at radius 3 is 2.83 bits per heavy atom. The van der Waals surface area contributed by atoms with Gasteiger partial charge in [-0.15, -0.1) is 0 Å². The van der Waals surface area contributed by atoms with E-state index in [-0.39, 0.29) is 5.56 Å². The maximum absolute atomic E-state index is 12.9. The second-order valence-corrected chi connectivity index (χ2v) is 4.76. The molecule has 0 saturated carbocycles. The van der Waals surface area contributed by atoms with Crippen LogP contribution in [0.5, 0.6) is 0 Å². The van der Waals surface area contributed by atoms with E-state index in [1.165, 1.54) is 6.20 Å². The highest BCUT2D eigenvalue weighted by Crippen LogP contribution is 2.26. The van der Waals surface area contributed by atoms with Crippen molar-refractivity contribution in [3.8, 4) is 0 Å². The Labute approximate surface area is 116 Å². The number of aromatic nitrogens is 1. The zero-order chi connectivity index (χ0) is 13.1. The summed E-state index contributed by atoms with van der Waals surface area (Å²) >= 11 is 9.11. The summed E-state index contributed by atoms with van der Waals surface area (Å²) in [7, 11) is 0. The smallest absolute Gasteiger partial charge is 0.257 e. The van der Waals surface area contributed by atoms with Crippen LogP contribution >= 0.6 is 27.5 Å². The van der Waals surface area contributed by atoms with Crippen LogP contribution in [0.25, 0.3) is 0 Å². The number of nitrogens with zero attached hydrogens (tertiary/aromatic N) is 1. The number of hydrogen-bond donors (Lipinski definition) is 1. The van der Waals surface area contributed by atoms with E-state index in [9.17, 15) is 9.18 Å². The predicted molar refractivity (Wildman–Crippen MR) is 71.3 cm³/mol. The summed E-state index contributed by atoms with van der Waals surface area (Å²) in [6.45, 7) is 0. The van der Waals surface area contributed by atoms with E-state index in [4.69, 9.17) is 11.6 Å². The molecule has 1 amide bonds. The number of carbonyl (C=O) groups excluding carboxylic acids is 1. The Bertz CT molecular complexity index is 606. The third-order valence-electron chi connectivity index (χ3n) is 2.14. The lowest BCUT2D eigenvalue weighted by molar-refractivity contribution is 0.102. The van der Waals surface area contributed by atoms with E-state index >= 15 is 0 Å². The number of anilines is 1. The zero-order valence-electron chi connectivity index (χ0n) is 8.95. The van der Waals surface area contributed by atoms with Crippen LogP contribution in [-0.4, -0.2) is 10.9 Å². The molecule has 0 aliphatic heterocycles. The molecule has 1 aromatic heterocycles. The summed E-state index contributed by atoms with van der Waals surface area (Å²) in [5.41, 5.74) is 0.652. The van der Waals surface area contributed by atoms with Gasteiger partial charge in [-0.1, -0.05) is 11.6 Å². The second kappa shape index (κ2) is 5.46. The van der Waals surface area contributed by atoms with E-state index in [0.29, 0.717) is 15.2 Å². The lowest BCUT2D eigenvalue weighted by atomic mass is 10.2. The van der Waals surface area contributed by atoms with Gasteiger partial charge in [0.1, 0.15) is 5.82 Å². The van der Waals surface area contributed by atoms with Crippen LogP contribution in [0.15, 0.2) is 41.1 Å². The first-order chi connectivity index (χ1) is 8.56. The van der Waals surface area contributed by atoms with E-state index in [0.717, 1.165) is 12.3 Å². The molecule has 0 fully saturated rings. The van der Waals surface area contributed by atoms with Crippen molar-refractivity contribution in [2.75, 3.05) is 5.32 Å². The zero-order valence-corrected chi connectivity index (χ0v) is 11.3. The average molecular weight is 330 g/mol. The van der Waals surface area contributed by atoms with Crippen LogP contribution in [0.4, 0.5) is 10.1 Å². The van der Waals surface area contributed by atoms with E-state index < -0.39 is 11.7 Å². The minimum atomic E-state index is -0.562. The highest BCUT2D eigenvalue weighted by atomic mass is 79.9. The van der Waals surface area contributed by atoms with Crippen molar-refractivity contribution in [2.24, 2.45) is 0 Å². The van der Waals surface area contributed by atoms with Gasteiger partial charge in [0.05, 0.1) is 17.4 Å². The van der Waals surface area contributed by atoms with E-state index in [1.54, 1.807) is 18.2 Å². The van der Waals surface area contributed by atoms with Gasteiger partial charge < -0.3 is 5.32 Å². The number of nitrogens with one attached hydrogen (secondary N) is 1. The summed E-state index contributed by atoms with van der Waals surface area (Å²) in [6, 6.07) is 6.10. The van der Waals surface area contributed by atoms with Gasteiger partial charge in [-0.2, -0.15) is 0 Å². The second-order valence-electron chi connectivity index (χ2n) is 3.47. The minimum Gasteiger partial charge on any atom is -0.321 e. The van der Waals surface area contributed by atoms with Gasteiger partial charge in [0.25, 0.3) is 5.91 Å². The lowest BCUT2D eigenvalue weighted by Crippen LogP contribution is -2.12. The number of pyridine rings is 1. The molecular weight excluding hydrogens is 322 g/mol. The maximum atomic E-state index is 12.9. The SMILES string of the molecule is O=C(Nc1cc(Cl)ccc1Br)c1cncc(F)c1. The average Bonchev–Trinajstić information content (AvgIpc) is 2.34. The monoisotopic (exact) mass is 328 g/mol. The fraction of sp³-hybridized carbons (Fsp3) is 0. The molecule has 0 atom stereocenters. The molecule has 0 aliphatic carbocycles. The topological polar surface area (TPSA) is 42.0 Å². The molecule has 92 valence electrons. The molecule has 2 aromatic rings. The third kappa shape index (κ3) is 3.05. The third-order valence-corrected chi connectivity index (χ3v) is 3.07. The van der Waals surface area contributed by atoms with Crippen molar-refractivity contribution in [3.63, 3.8) is 0 Å². The molecule has 1 aromatic carbocycles. The molecule has 3 nitrogen and oxygen atoms in total. The van der Waals surface area contributed by atoms with Crippen LogP contribution in [-0.2, 0) is 0 Å². The Balaban J connectivity index is 2.24. The van der Waals surface area contributed by atoms with Gasteiger partial charge in [-0.3, -0.25) is 9.78 Å². The standard InChI is InChI=1S/C12H7BrClFN2O/c13-10-2-1-8(14)4-11(10)17-12(18)7-3-9(15)6-16-5-7/h1-6H,(H,17,18). The number of halogens is 3. The molecule has 0 radical (unpaired) electrons. The summed E-state index contributed by atoms with van der Waals surface area (Å²) < 4.78 is 13.6. The molecular formula is C12H7BrClFN2O. The minimum absolute atomic E-state index is 0.141. The molecule has 0 saturated heterocycles. The molecule has 6 heteroatoms. The van der Waals surface area contributed by atoms with Gasteiger partial charge in [0.15, 0.2) is 0 Å². The van der Waals surface area contributed by atoms with Crippen molar-refractivity contribution in [1.82, 2.24) is 4.98 Å². The molecule has 1 heterocycles. The molecule has 1 N–H and O–H groups in total. The first kappa shape index (κ1) is 13.0. The normalized spacial score (nSPS) is 10.2. The Morgan fingerprint density at radius 2 is 2.11 bits per heavy atom. The molecule has 2 rings (SSSR count). The molecule has 18 heavy (non-hydrogen) atoms. The van der Waals surface area contributed by atoms with Gasteiger partial charge in [-0.25, -0.2) is 4.39 Å². The Kier molecular flexibility index (Phi) is 3.93. The summed E-state index contributed by atoms with van der Waals surface area (Å²) in [5.74, 6) is -1.02. The number of benzene rings is 1. The summed E-state index contributed by atoms with van der Waals surface area (Å²) in [6.07, 6.45) is 2.32. The first-order valence-electron chi connectivity index (χ1n) is 4.93. The number of hydrogen-bond acceptors (Lipinski definition) is 2. The fourth-order valence-electron chi connectivity index (χ4n) is 1.32. The quantitative estimate of drug-likeness (QED) is 0.908. The molecule has 0 spiro atoms. The Morgan fingerprint density at radius 1 is 1.33 bits per heavy atom. The van der Waals surface area contributed by atoms with Crippen LogP contribution in [0.3, 0.4) is 0 Å². The highest BCUT2D eigenvalue weighted by molar-refractivity contribution is 9.10. The van der Waals surface area contributed by atoms with Gasteiger partial charge in [-0.05, 0) is 40.2 Å². The first-order valence-corrected chi connectivity index (χ1v) is 6.10. The van der Waals surface area contributed by atoms with Crippen LogP contribution < -0.4 is 5.32 Å².